The van der Waals surface area contributed by atoms with Crippen LogP contribution in [-0.4, -0.2) is 49.9 Å². The van der Waals surface area contributed by atoms with E-state index in [4.69, 9.17) is 9.90 Å². The second-order valence-corrected chi connectivity index (χ2v) is 9.74. The molecule has 1 aromatic carbocycles. The van der Waals surface area contributed by atoms with Gasteiger partial charge >= 0.3 is 17.8 Å². The number of hydrogen-bond donors (Lipinski definition) is 3. The number of hydrogen-bond acceptors (Lipinski definition) is 5. The maximum Gasteiger partial charge on any atom is 0.490 e. The third-order valence-corrected chi connectivity index (χ3v) is 5.94. The van der Waals surface area contributed by atoms with Crippen LogP contribution >= 0.6 is 0 Å². The minimum Gasteiger partial charge on any atom is -0.507 e. The van der Waals surface area contributed by atoms with Crippen LogP contribution < -0.4 is 11.2 Å². The van der Waals surface area contributed by atoms with Crippen LogP contribution in [0.25, 0.3) is 5.69 Å². The maximum atomic E-state index is 12.3. The molecule has 2 aromatic rings. The molecule has 1 aliphatic carbocycles. The first kappa shape index (κ1) is 28.2. The van der Waals surface area contributed by atoms with Gasteiger partial charge in [0.05, 0.1) is 5.69 Å². The van der Waals surface area contributed by atoms with E-state index in [-0.39, 0.29) is 11.2 Å². The lowest BCUT2D eigenvalue weighted by Gasteiger charge is -2.32. The van der Waals surface area contributed by atoms with Crippen molar-refractivity contribution in [1.29, 1.82) is 0 Å². The molecule has 1 heterocycles. The number of alkyl halides is 3. The van der Waals surface area contributed by atoms with Gasteiger partial charge in [-0.15, -0.1) is 0 Å². The van der Waals surface area contributed by atoms with Crippen molar-refractivity contribution < 1.29 is 28.2 Å². The van der Waals surface area contributed by atoms with Crippen molar-refractivity contribution in [3.8, 4) is 11.4 Å². The summed E-state index contributed by atoms with van der Waals surface area (Å²) in [6, 6.07) is 5.53. The number of carbonyl (C=O) groups is 1. The minimum absolute atomic E-state index is 0.288. The van der Waals surface area contributed by atoms with Crippen molar-refractivity contribution in [2.24, 2.45) is 0 Å². The first-order valence-corrected chi connectivity index (χ1v) is 11.3. The monoisotopic (exact) mass is 499 g/mol. The molecule has 8 nitrogen and oxygen atoms in total. The Balaban J connectivity index is 0.000000540. The lowest BCUT2D eigenvalue weighted by Crippen LogP contribution is -2.33. The van der Waals surface area contributed by atoms with Crippen molar-refractivity contribution >= 4 is 5.97 Å². The number of benzene rings is 1. The van der Waals surface area contributed by atoms with Crippen molar-refractivity contribution in [3.63, 3.8) is 0 Å². The van der Waals surface area contributed by atoms with Gasteiger partial charge in [-0.2, -0.15) is 13.2 Å². The van der Waals surface area contributed by atoms with E-state index in [2.05, 4.69) is 16.9 Å². The van der Waals surface area contributed by atoms with Gasteiger partial charge in [-0.3, -0.25) is 19.2 Å². The molecule has 0 radical (unpaired) electrons. The molecule has 3 N–H and O–H groups in total. The number of phenols is 1. The molecule has 194 valence electrons. The number of phenolic OH excluding ortho intramolecular Hbond substituents is 1. The van der Waals surface area contributed by atoms with Gasteiger partial charge in [0.1, 0.15) is 5.75 Å². The number of nitrogens with zero attached hydrogens (tertiary/aromatic N) is 2. The molecule has 1 saturated carbocycles. The molecule has 0 bridgehead atoms. The van der Waals surface area contributed by atoms with E-state index in [1.165, 1.54) is 48.9 Å². The highest BCUT2D eigenvalue weighted by Gasteiger charge is 2.38. The Morgan fingerprint density at radius 3 is 2.20 bits per heavy atom. The summed E-state index contributed by atoms with van der Waals surface area (Å²) in [4.78, 5) is 37.2. The Bertz CT molecular complexity index is 1140. The van der Waals surface area contributed by atoms with E-state index in [9.17, 15) is 27.9 Å². The topological polar surface area (TPSA) is 116 Å². The quantitative estimate of drug-likeness (QED) is 0.587. The second-order valence-electron chi connectivity index (χ2n) is 9.74. The predicted octanol–water partition coefficient (Wildman–Crippen LogP) is 3.93. The van der Waals surface area contributed by atoms with Crippen LogP contribution in [0.2, 0.25) is 0 Å². The molecule has 0 atom stereocenters. The summed E-state index contributed by atoms with van der Waals surface area (Å²) < 4.78 is 33.2. The Hall–Kier alpha value is -3.08. The zero-order valence-corrected chi connectivity index (χ0v) is 20.3. The third kappa shape index (κ3) is 7.71. The third-order valence-electron chi connectivity index (χ3n) is 5.94. The SMILES string of the molecule is CN(Cc1cc(-n2ccc(=O)[nH]c2=O)cc(C(C)(C)C)c1O)C1CCCCC1.O=C(O)C(F)(F)F. The molecule has 0 unspecified atom stereocenters. The van der Waals surface area contributed by atoms with Gasteiger partial charge < -0.3 is 10.2 Å². The van der Waals surface area contributed by atoms with E-state index >= 15 is 0 Å². The first-order chi connectivity index (χ1) is 16.1. The summed E-state index contributed by atoms with van der Waals surface area (Å²) in [6.45, 7) is 6.73. The fraction of sp³-hybridized carbons (Fsp3) is 0.542. The van der Waals surface area contributed by atoms with Crippen LogP contribution in [0.1, 0.15) is 64.0 Å². The van der Waals surface area contributed by atoms with Crippen LogP contribution in [0.15, 0.2) is 34.0 Å². The van der Waals surface area contributed by atoms with Gasteiger partial charge in [0.25, 0.3) is 5.56 Å². The fourth-order valence-corrected chi connectivity index (χ4v) is 4.05. The lowest BCUT2D eigenvalue weighted by atomic mass is 9.84. The molecule has 1 aliphatic rings. The molecule has 0 saturated heterocycles. The van der Waals surface area contributed by atoms with E-state index < -0.39 is 23.4 Å². The highest BCUT2D eigenvalue weighted by atomic mass is 19.4. The molecule has 0 spiro atoms. The molecule has 35 heavy (non-hydrogen) atoms. The van der Waals surface area contributed by atoms with Crippen molar-refractivity contribution in [2.75, 3.05) is 7.05 Å². The summed E-state index contributed by atoms with van der Waals surface area (Å²) >= 11 is 0. The summed E-state index contributed by atoms with van der Waals surface area (Å²) in [5.41, 5.74) is 1.04. The number of rotatable bonds is 4. The summed E-state index contributed by atoms with van der Waals surface area (Å²) in [7, 11) is 2.10. The molecular formula is C24H32F3N3O5. The number of aromatic amines is 1. The fourth-order valence-electron chi connectivity index (χ4n) is 4.05. The van der Waals surface area contributed by atoms with Crippen LogP contribution in [0.5, 0.6) is 5.75 Å². The number of H-pyrrole nitrogens is 1. The number of carboxylic acids is 1. The van der Waals surface area contributed by atoms with Gasteiger partial charge in [-0.05, 0) is 37.4 Å². The van der Waals surface area contributed by atoms with Gasteiger partial charge in [0, 0.05) is 36.0 Å². The van der Waals surface area contributed by atoms with Gasteiger partial charge in [0.2, 0.25) is 0 Å². The van der Waals surface area contributed by atoms with Gasteiger partial charge in [-0.25, -0.2) is 9.59 Å². The number of nitrogens with one attached hydrogen (secondary N) is 1. The van der Waals surface area contributed by atoms with Crippen molar-refractivity contribution in [2.45, 2.75) is 77.1 Å². The number of halogens is 3. The lowest BCUT2D eigenvalue weighted by molar-refractivity contribution is -0.192. The van der Waals surface area contributed by atoms with Crippen LogP contribution in [0, 0.1) is 0 Å². The Labute approximate surface area is 201 Å². The maximum absolute atomic E-state index is 12.3. The molecule has 1 aromatic heterocycles. The number of aromatic nitrogens is 2. The highest BCUT2D eigenvalue weighted by molar-refractivity contribution is 5.73. The van der Waals surface area contributed by atoms with E-state index in [0.29, 0.717) is 18.3 Å². The molecule has 1 fully saturated rings. The minimum atomic E-state index is -5.08. The largest absolute Gasteiger partial charge is 0.507 e. The van der Waals surface area contributed by atoms with Crippen molar-refractivity contribution in [3.05, 3.63) is 56.4 Å². The standard InChI is InChI=1S/C22H31N3O3.C2HF3O2/c1-22(2,3)18-13-17(25-11-10-19(26)23-21(25)28)12-15(20(18)27)14-24(4)16-8-6-5-7-9-16;3-2(4,5)1(6)7/h10-13,16,27H,5-9,14H2,1-4H3,(H,23,26,28);(H,6,7). The molecular weight excluding hydrogens is 467 g/mol. The molecule has 0 amide bonds. The highest BCUT2D eigenvalue weighted by Crippen LogP contribution is 2.36. The van der Waals surface area contributed by atoms with E-state index in [0.717, 1.165) is 11.1 Å². The zero-order chi connectivity index (χ0) is 26.6. The smallest absolute Gasteiger partial charge is 0.490 e. The number of aliphatic carboxylic acids is 1. The average molecular weight is 500 g/mol. The van der Waals surface area contributed by atoms with Gasteiger partial charge in [-0.1, -0.05) is 40.0 Å². The van der Waals surface area contributed by atoms with Crippen LogP contribution in [0.3, 0.4) is 0 Å². The summed E-state index contributed by atoms with van der Waals surface area (Å²) in [5, 5.41) is 18.1. The molecule has 11 heteroatoms. The number of carboxylic acid groups (broad SMARTS) is 1. The normalized spacial score (nSPS) is 15.0. The molecule has 3 rings (SSSR count). The van der Waals surface area contributed by atoms with E-state index in [1.807, 2.05) is 32.9 Å². The number of aromatic hydroxyl groups is 1. The van der Waals surface area contributed by atoms with Gasteiger partial charge in [0.15, 0.2) is 0 Å². The summed E-state index contributed by atoms with van der Waals surface area (Å²) in [6.07, 6.45) is 2.57. The first-order valence-electron chi connectivity index (χ1n) is 11.3. The zero-order valence-electron chi connectivity index (χ0n) is 20.3. The Morgan fingerprint density at radius 1 is 1.14 bits per heavy atom. The van der Waals surface area contributed by atoms with Crippen LogP contribution in [0.4, 0.5) is 13.2 Å². The summed E-state index contributed by atoms with van der Waals surface area (Å²) in [5.74, 6) is -2.47. The molecule has 0 aliphatic heterocycles. The Morgan fingerprint density at radius 2 is 1.71 bits per heavy atom. The Kier molecular flexibility index (Phi) is 8.94. The predicted molar refractivity (Wildman–Crippen MR) is 125 cm³/mol. The van der Waals surface area contributed by atoms with Crippen molar-refractivity contribution in [1.82, 2.24) is 14.5 Å². The van der Waals surface area contributed by atoms with Crippen LogP contribution in [-0.2, 0) is 16.8 Å². The second kappa shape index (κ2) is 11.1. The average Bonchev–Trinajstić information content (AvgIpc) is 2.75. The van der Waals surface area contributed by atoms with E-state index in [1.54, 1.807) is 0 Å².